The Balaban J connectivity index is 2.93. The summed E-state index contributed by atoms with van der Waals surface area (Å²) in [5.41, 5.74) is 0.803. The molecule has 0 saturated heterocycles. The Labute approximate surface area is 54.1 Å². The van der Waals surface area contributed by atoms with Crippen LogP contribution < -0.4 is 5.09 Å². The van der Waals surface area contributed by atoms with Crippen LogP contribution in [0.25, 0.3) is 0 Å². The molecule has 0 aromatic rings. The van der Waals surface area contributed by atoms with Gasteiger partial charge in [0.15, 0.2) is 0 Å². The fourth-order valence-electron chi connectivity index (χ4n) is 0.333. The molecule has 1 unspecified atom stereocenters. The van der Waals surface area contributed by atoms with Crippen molar-refractivity contribution in [1.82, 2.24) is 5.09 Å². The van der Waals surface area contributed by atoms with Crippen LogP contribution in [0.4, 0.5) is 0 Å². The Morgan fingerprint density at radius 2 is 1.62 bits per heavy atom. The molecule has 0 aliphatic rings. The maximum atomic E-state index is 3.37. The largest absolute Gasteiger partial charge is 0.295 e. The van der Waals surface area contributed by atoms with Crippen molar-refractivity contribution in [2.45, 2.75) is 39.4 Å². The van der Waals surface area contributed by atoms with Crippen LogP contribution in [0.15, 0.2) is 0 Å². The van der Waals surface area contributed by atoms with Crippen LogP contribution in [0.3, 0.4) is 0 Å². The molecule has 0 aliphatic heterocycles. The Kier molecular flexibility index (Phi) is 4.50. The zero-order valence-electron chi connectivity index (χ0n) is 6.15. The predicted octanol–water partition coefficient (Wildman–Crippen LogP) is 1.99. The Bertz CT molecular complexity index is 44.5. The second-order valence-corrected chi connectivity index (χ2v) is 4.33. The average molecular weight is 133 g/mol. The summed E-state index contributed by atoms with van der Waals surface area (Å²) in [5.74, 6) is 0. The lowest BCUT2D eigenvalue weighted by atomic mass is 10.4. The lowest BCUT2D eigenvalue weighted by Crippen LogP contribution is -2.14. The summed E-state index contributed by atoms with van der Waals surface area (Å²) in [5, 5.41) is 3.37. The van der Waals surface area contributed by atoms with Gasteiger partial charge >= 0.3 is 0 Å². The first-order chi connectivity index (χ1) is 3.63. The van der Waals surface area contributed by atoms with Crippen LogP contribution in [-0.4, -0.2) is 11.7 Å². The van der Waals surface area contributed by atoms with Crippen LogP contribution in [-0.2, 0) is 0 Å². The zero-order valence-corrected chi connectivity index (χ0v) is 7.15. The third kappa shape index (κ3) is 6.39. The van der Waals surface area contributed by atoms with Crippen molar-refractivity contribution in [3.05, 3.63) is 0 Å². The van der Waals surface area contributed by atoms with E-state index >= 15 is 0 Å². The van der Waals surface area contributed by atoms with E-state index in [-0.39, 0.29) is 0 Å². The Morgan fingerprint density at radius 3 is 1.75 bits per heavy atom. The Hall–Kier alpha value is 0.390. The van der Waals surface area contributed by atoms with Gasteiger partial charge in [0, 0.05) is 6.04 Å². The monoisotopic (exact) mass is 133 g/mol. The smallest absolute Gasteiger partial charge is 0.00445 e. The number of rotatable bonds is 3. The number of hydrogen-bond acceptors (Lipinski definition) is 1. The molecule has 0 bridgehead atoms. The number of hydrogen-bond donors (Lipinski definition) is 1. The van der Waals surface area contributed by atoms with E-state index in [4.69, 9.17) is 0 Å². The van der Waals surface area contributed by atoms with Crippen LogP contribution in [0.5, 0.6) is 0 Å². The lowest BCUT2D eigenvalue weighted by molar-refractivity contribution is 0.760. The van der Waals surface area contributed by atoms with Crippen molar-refractivity contribution in [2.75, 3.05) is 0 Å². The molecule has 1 atom stereocenters. The summed E-state index contributed by atoms with van der Waals surface area (Å²) in [7, 11) is 0.919. The molecular weight excluding hydrogens is 117 g/mol. The van der Waals surface area contributed by atoms with E-state index in [2.05, 4.69) is 32.8 Å². The molecule has 0 aliphatic carbocycles. The van der Waals surface area contributed by atoms with Crippen molar-refractivity contribution in [3.8, 4) is 0 Å². The van der Waals surface area contributed by atoms with Crippen LogP contribution in [0, 0.1) is 0 Å². The van der Waals surface area contributed by atoms with Crippen molar-refractivity contribution in [2.24, 2.45) is 0 Å². The SMILES string of the molecule is CC(C)NPC(C)C. The predicted molar refractivity (Wildman–Crippen MR) is 41.7 cm³/mol. The summed E-state index contributed by atoms with van der Waals surface area (Å²) in [6.07, 6.45) is 0. The second-order valence-electron chi connectivity index (χ2n) is 2.60. The molecule has 0 rings (SSSR count). The van der Waals surface area contributed by atoms with Crippen LogP contribution in [0.2, 0.25) is 0 Å². The number of nitrogens with one attached hydrogen (secondary N) is 1. The zero-order chi connectivity index (χ0) is 6.57. The highest BCUT2D eigenvalue weighted by Gasteiger charge is 1.93. The molecule has 1 nitrogen and oxygen atoms in total. The highest BCUT2D eigenvalue weighted by atomic mass is 31.1. The first-order valence-electron chi connectivity index (χ1n) is 3.14. The third-order valence-corrected chi connectivity index (χ3v) is 1.98. The summed E-state index contributed by atoms with van der Waals surface area (Å²) < 4.78 is 0. The highest BCUT2D eigenvalue weighted by Crippen LogP contribution is 2.12. The molecule has 0 aromatic heterocycles. The molecular formula is C6H16NP. The summed E-state index contributed by atoms with van der Waals surface area (Å²) in [4.78, 5) is 0. The maximum absolute atomic E-state index is 3.37. The normalized spacial score (nSPS) is 12.8. The molecule has 0 aromatic carbocycles. The van der Waals surface area contributed by atoms with Gasteiger partial charge in [0.1, 0.15) is 0 Å². The van der Waals surface area contributed by atoms with Crippen LogP contribution in [0.1, 0.15) is 27.7 Å². The van der Waals surface area contributed by atoms with E-state index in [1.54, 1.807) is 0 Å². The van der Waals surface area contributed by atoms with Gasteiger partial charge < -0.3 is 0 Å². The van der Waals surface area contributed by atoms with Gasteiger partial charge in [0.25, 0.3) is 0 Å². The van der Waals surface area contributed by atoms with E-state index in [9.17, 15) is 0 Å². The van der Waals surface area contributed by atoms with Gasteiger partial charge in [0.2, 0.25) is 0 Å². The summed E-state index contributed by atoms with van der Waals surface area (Å²) >= 11 is 0. The van der Waals surface area contributed by atoms with E-state index in [1.165, 1.54) is 0 Å². The quantitative estimate of drug-likeness (QED) is 0.580. The first-order valence-corrected chi connectivity index (χ1v) is 4.21. The lowest BCUT2D eigenvalue weighted by Gasteiger charge is -2.09. The standard InChI is InChI=1S/C6H16NP/c1-5(2)7-8-6(3)4/h5-8H,1-4H3. The maximum Gasteiger partial charge on any atom is 0.00445 e. The molecule has 1 N–H and O–H groups in total. The third-order valence-electron chi connectivity index (χ3n) is 0.661. The van der Waals surface area contributed by atoms with Crippen molar-refractivity contribution >= 4 is 8.73 Å². The van der Waals surface area contributed by atoms with Crippen molar-refractivity contribution in [1.29, 1.82) is 0 Å². The molecule has 0 saturated carbocycles. The van der Waals surface area contributed by atoms with Crippen molar-refractivity contribution in [3.63, 3.8) is 0 Å². The topological polar surface area (TPSA) is 12.0 Å². The van der Waals surface area contributed by atoms with Crippen LogP contribution >= 0.6 is 8.73 Å². The van der Waals surface area contributed by atoms with Crippen molar-refractivity contribution < 1.29 is 0 Å². The van der Waals surface area contributed by atoms with Gasteiger partial charge in [-0.2, -0.15) is 0 Å². The van der Waals surface area contributed by atoms with Gasteiger partial charge in [0.05, 0.1) is 0 Å². The van der Waals surface area contributed by atoms with E-state index in [0.717, 1.165) is 14.4 Å². The van der Waals surface area contributed by atoms with E-state index in [1.807, 2.05) is 0 Å². The fourth-order valence-corrected chi connectivity index (χ4v) is 1.00. The molecule has 8 heavy (non-hydrogen) atoms. The minimum atomic E-state index is 0.649. The second kappa shape index (κ2) is 4.29. The van der Waals surface area contributed by atoms with Gasteiger partial charge in [-0.15, -0.1) is 0 Å². The minimum Gasteiger partial charge on any atom is -0.295 e. The van der Waals surface area contributed by atoms with E-state index < -0.39 is 0 Å². The van der Waals surface area contributed by atoms with Gasteiger partial charge in [-0.1, -0.05) is 22.6 Å². The summed E-state index contributed by atoms with van der Waals surface area (Å²) in [6, 6.07) is 0.649. The highest BCUT2D eigenvalue weighted by molar-refractivity contribution is 7.36. The fraction of sp³-hybridized carbons (Fsp3) is 1.00. The van der Waals surface area contributed by atoms with E-state index in [0.29, 0.717) is 6.04 Å². The van der Waals surface area contributed by atoms with Gasteiger partial charge in [-0.25, -0.2) is 0 Å². The average Bonchev–Trinajstić information content (AvgIpc) is 1.61. The molecule has 0 amide bonds. The van der Waals surface area contributed by atoms with Gasteiger partial charge in [-0.05, 0) is 19.5 Å². The first kappa shape index (κ1) is 8.39. The van der Waals surface area contributed by atoms with Gasteiger partial charge in [-0.3, -0.25) is 5.09 Å². The molecule has 0 radical (unpaired) electrons. The molecule has 0 heterocycles. The molecule has 2 heteroatoms. The molecule has 0 spiro atoms. The minimum absolute atomic E-state index is 0.649. The molecule has 0 fully saturated rings. The Morgan fingerprint density at radius 1 is 1.12 bits per heavy atom. The summed E-state index contributed by atoms with van der Waals surface area (Å²) in [6.45, 7) is 8.81. The molecule has 50 valence electrons.